The number of imidazole rings is 1. The molecule has 15 nitrogen and oxygen atoms in total. The number of fused-ring (bicyclic) bond motifs is 3. The van der Waals surface area contributed by atoms with E-state index < -0.39 is 38.2 Å². The number of benzene rings is 4. The fourth-order valence-electron chi connectivity index (χ4n) is 8.47. The van der Waals surface area contributed by atoms with Crippen LogP contribution < -0.4 is 14.8 Å². The first-order valence-corrected chi connectivity index (χ1v) is 22.3. The molecular formula is C48H52N7O8P. The third kappa shape index (κ3) is 8.71. The first kappa shape index (κ1) is 44.8. The highest BCUT2D eigenvalue weighted by atomic mass is 31.2. The number of carbonyl (C=O) groups excluding carboxylic acids is 1. The molecule has 0 aliphatic carbocycles. The summed E-state index contributed by atoms with van der Waals surface area (Å²) in [7, 11) is 1.52. The molecule has 6 aromatic rings. The minimum atomic E-state index is -1.76. The van der Waals surface area contributed by atoms with E-state index in [4.69, 9.17) is 37.7 Å². The summed E-state index contributed by atoms with van der Waals surface area (Å²) >= 11 is 0. The summed E-state index contributed by atoms with van der Waals surface area (Å²) in [5, 5.41) is 12.4. The number of hydrogen-bond acceptors (Lipinski definition) is 13. The van der Waals surface area contributed by atoms with Gasteiger partial charge in [-0.2, -0.15) is 5.26 Å². The van der Waals surface area contributed by atoms with Gasteiger partial charge in [-0.1, -0.05) is 72.8 Å². The SMILES string of the molecule is COc1ccc(C(OC[C@]23CO[C@@H](C2OP(OCCC#N)N(C(C)C)C(C)C)[C@H](n2cnc4c(NC(=O)c5ccccc5)ncnc42)O3)(c2ccccc2)c2ccc(OC)cc2)cc1. The zero-order chi connectivity index (χ0) is 44.8. The Morgan fingerprint density at radius 1 is 0.891 bits per heavy atom. The molecule has 64 heavy (non-hydrogen) atoms. The van der Waals surface area contributed by atoms with Gasteiger partial charge in [-0.3, -0.25) is 9.36 Å². The Balaban J connectivity index is 1.23. The quantitative estimate of drug-likeness (QED) is 0.0469. The van der Waals surface area contributed by atoms with Gasteiger partial charge in [-0.05, 0) is 80.8 Å². The van der Waals surface area contributed by atoms with Gasteiger partial charge in [0, 0.05) is 17.6 Å². The minimum Gasteiger partial charge on any atom is -0.497 e. The number of hydrogen-bond donors (Lipinski definition) is 1. The van der Waals surface area contributed by atoms with Crippen molar-refractivity contribution in [2.24, 2.45) is 0 Å². The second-order valence-corrected chi connectivity index (χ2v) is 17.5. The van der Waals surface area contributed by atoms with Crippen LogP contribution in [0, 0.1) is 11.3 Å². The van der Waals surface area contributed by atoms with E-state index in [1.54, 1.807) is 49.4 Å². The molecule has 8 rings (SSSR count). The van der Waals surface area contributed by atoms with Gasteiger partial charge >= 0.3 is 0 Å². The van der Waals surface area contributed by atoms with E-state index >= 15 is 0 Å². The molecule has 2 aromatic heterocycles. The Bertz CT molecular complexity index is 2480. The Kier molecular flexibility index (Phi) is 13.6. The molecule has 2 unspecified atom stereocenters. The van der Waals surface area contributed by atoms with Crippen molar-refractivity contribution in [2.75, 3.05) is 39.4 Å². The molecule has 2 aliphatic heterocycles. The molecule has 1 N–H and O–H groups in total. The molecule has 5 atom stereocenters. The summed E-state index contributed by atoms with van der Waals surface area (Å²) in [6, 6.07) is 36.9. The van der Waals surface area contributed by atoms with Crippen LogP contribution >= 0.6 is 8.53 Å². The van der Waals surface area contributed by atoms with E-state index in [2.05, 4.69) is 53.7 Å². The number of ether oxygens (including phenoxy) is 5. The summed E-state index contributed by atoms with van der Waals surface area (Å²) in [5.41, 5.74) is 1.42. The standard InChI is InChI=1S/C48H52N7O8P/c1-32(2)55(33(3)4)64(61-27-13-26-49)63-42-41-46(54-31-52-40-43(50-30-51-44(40)54)53-45(56)34-14-9-7-10-15-34)62-47(42,28-59-41)29-60-48(35-16-11-8-12-17-35,36-18-22-38(57-5)23-19-36)37-20-24-39(58-6)25-21-37/h7-12,14-25,30-33,41-42,46H,13,27-29H2,1-6H3,(H,50,51,53,56)/t41-,42?,46+,47+,64?/m0/s1. The molecule has 2 saturated heterocycles. The Morgan fingerprint density at radius 3 is 2.09 bits per heavy atom. The van der Waals surface area contributed by atoms with Crippen LogP contribution in [0.1, 0.15) is 67.4 Å². The van der Waals surface area contributed by atoms with Crippen molar-refractivity contribution in [3.05, 3.63) is 144 Å². The van der Waals surface area contributed by atoms with Crippen LogP contribution in [-0.4, -0.2) is 94.0 Å². The van der Waals surface area contributed by atoms with Crippen molar-refractivity contribution in [1.82, 2.24) is 24.2 Å². The van der Waals surface area contributed by atoms with E-state index in [1.807, 2.05) is 84.9 Å². The average Bonchev–Trinajstić information content (AvgIpc) is 4.00. The highest BCUT2D eigenvalue weighted by molar-refractivity contribution is 7.44. The molecule has 0 spiro atoms. The summed E-state index contributed by atoms with van der Waals surface area (Å²) in [4.78, 5) is 27.0. The summed E-state index contributed by atoms with van der Waals surface area (Å²) in [5.74, 6) is 1.31. The van der Waals surface area contributed by atoms with Crippen LogP contribution in [0.25, 0.3) is 11.2 Å². The van der Waals surface area contributed by atoms with Gasteiger partial charge in [0.05, 0.1) is 52.9 Å². The Hall–Kier alpha value is -5.82. The van der Waals surface area contributed by atoms with Crippen LogP contribution in [0.4, 0.5) is 5.82 Å². The Labute approximate surface area is 374 Å². The molecule has 332 valence electrons. The number of nitriles is 1. The molecule has 2 bridgehead atoms. The molecular weight excluding hydrogens is 834 g/mol. The van der Waals surface area contributed by atoms with Gasteiger partial charge in [0.25, 0.3) is 14.4 Å². The van der Waals surface area contributed by atoms with Crippen molar-refractivity contribution in [1.29, 1.82) is 5.26 Å². The van der Waals surface area contributed by atoms with Crippen molar-refractivity contribution in [3.8, 4) is 17.6 Å². The summed E-state index contributed by atoms with van der Waals surface area (Å²) < 4.78 is 50.3. The second-order valence-electron chi connectivity index (χ2n) is 16.1. The monoisotopic (exact) mass is 885 g/mol. The van der Waals surface area contributed by atoms with Crippen LogP contribution in [-0.2, 0) is 28.9 Å². The average molecular weight is 886 g/mol. The number of methoxy groups -OCH3 is 2. The van der Waals surface area contributed by atoms with Crippen LogP contribution in [0.5, 0.6) is 11.5 Å². The number of anilines is 1. The van der Waals surface area contributed by atoms with Crippen LogP contribution in [0.3, 0.4) is 0 Å². The molecule has 2 aliphatic rings. The molecule has 4 aromatic carbocycles. The first-order chi connectivity index (χ1) is 31.1. The number of amides is 1. The molecule has 16 heteroatoms. The number of rotatable bonds is 19. The van der Waals surface area contributed by atoms with Gasteiger partial charge in [0.1, 0.15) is 41.2 Å². The van der Waals surface area contributed by atoms with Gasteiger partial charge in [-0.15, -0.1) is 0 Å². The highest BCUT2D eigenvalue weighted by Crippen LogP contribution is 2.56. The topological polar surface area (TPSA) is 164 Å². The number of nitrogens with zero attached hydrogens (tertiary/aromatic N) is 6. The predicted octanol–water partition coefficient (Wildman–Crippen LogP) is 8.43. The van der Waals surface area contributed by atoms with Gasteiger partial charge in [0.15, 0.2) is 23.2 Å². The first-order valence-electron chi connectivity index (χ1n) is 21.2. The van der Waals surface area contributed by atoms with E-state index in [9.17, 15) is 10.1 Å². The number of nitrogens with one attached hydrogen (secondary N) is 1. The van der Waals surface area contributed by atoms with E-state index in [0.717, 1.165) is 16.7 Å². The zero-order valence-corrected chi connectivity index (χ0v) is 37.6. The third-order valence-electron chi connectivity index (χ3n) is 11.4. The predicted molar refractivity (Wildman–Crippen MR) is 241 cm³/mol. The molecule has 0 radical (unpaired) electrons. The maximum atomic E-state index is 13.3. The third-order valence-corrected chi connectivity index (χ3v) is 13.6. The van der Waals surface area contributed by atoms with Crippen LogP contribution in [0.2, 0.25) is 0 Å². The molecule has 2 fully saturated rings. The normalized spacial score (nSPS) is 19.9. The lowest BCUT2D eigenvalue weighted by molar-refractivity contribution is -0.202. The maximum Gasteiger partial charge on any atom is 0.259 e. The van der Waals surface area contributed by atoms with Gasteiger partial charge < -0.3 is 38.0 Å². The lowest BCUT2D eigenvalue weighted by atomic mass is 9.79. The van der Waals surface area contributed by atoms with Crippen molar-refractivity contribution < 1.29 is 37.5 Å². The van der Waals surface area contributed by atoms with E-state index in [1.165, 1.54) is 6.33 Å². The summed E-state index contributed by atoms with van der Waals surface area (Å²) in [6.07, 6.45) is 0.930. The number of aromatic nitrogens is 4. The molecule has 0 saturated carbocycles. The highest BCUT2D eigenvalue weighted by Gasteiger charge is 2.65. The van der Waals surface area contributed by atoms with Gasteiger partial charge in [-0.25, -0.2) is 19.6 Å². The smallest absolute Gasteiger partial charge is 0.259 e. The molecule has 4 heterocycles. The van der Waals surface area contributed by atoms with Crippen molar-refractivity contribution in [3.63, 3.8) is 0 Å². The fourth-order valence-corrected chi connectivity index (χ4v) is 10.3. The van der Waals surface area contributed by atoms with Crippen molar-refractivity contribution >= 4 is 31.4 Å². The molecule has 1 amide bonds. The van der Waals surface area contributed by atoms with Crippen molar-refractivity contribution in [2.45, 2.75) is 75.8 Å². The maximum absolute atomic E-state index is 13.3. The van der Waals surface area contributed by atoms with E-state index in [-0.39, 0.29) is 50.1 Å². The lowest BCUT2D eigenvalue weighted by Gasteiger charge is -2.41. The van der Waals surface area contributed by atoms with E-state index in [0.29, 0.717) is 28.2 Å². The number of carbonyl (C=O) groups is 1. The Morgan fingerprint density at radius 2 is 1.50 bits per heavy atom. The van der Waals surface area contributed by atoms with Crippen LogP contribution in [0.15, 0.2) is 122 Å². The lowest BCUT2D eigenvalue weighted by Crippen LogP contribution is -2.49. The van der Waals surface area contributed by atoms with Gasteiger partial charge in [0.2, 0.25) is 0 Å². The zero-order valence-electron chi connectivity index (χ0n) is 36.7. The minimum absolute atomic E-state index is 0.0116. The largest absolute Gasteiger partial charge is 0.497 e. The summed E-state index contributed by atoms with van der Waals surface area (Å²) in [6.45, 7) is 8.65. The second kappa shape index (κ2) is 19.5. The fraction of sp³-hybridized carbons (Fsp3) is 0.354.